The topological polar surface area (TPSA) is 102 Å². The first-order valence-corrected chi connectivity index (χ1v) is 13.4. The minimum absolute atomic E-state index is 0.0357. The zero-order valence-electron chi connectivity index (χ0n) is 20.1. The molecular formula is C26H31N3O5S. The highest BCUT2D eigenvalue weighted by Crippen LogP contribution is 2.31. The van der Waals surface area contributed by atoms with Crippen molar-refractivity contribution < 1.29 is 22.5 Å². The second kappa shape index (κ2) is 11.0. The second-order valence-electron chi connectivity index (χ2n) is 8.87. The van der Waals surface area contributed by atoms with Crippen molar-refractivity contribution in [2.24, 2.45) is 0 Å². The zero-order valence-corrected chi connectivity index (χ0v) is 20.9. The van der Waals surface area contributed by atoms with Crippen molar-refractivity contribution in [2.45, 2.75) is 43.7 Å². The highest BCUT2D eigenvalue weighted by molar-refractivity contribution is 7.91. The number of amides is 1. The van der Waals surface area contributed by atoms with E-state index in [1.54, 1.807) is 25.1 Å². The standard InChI is InChI=1S/C26H31N3O5S/c1-19-16-24(34-28-19)21-8-9-23(33-2)25(17-21)35(31,32)15-12-26(30)27-22-10-13-29(14-11-22)18-20-6-4-3-5-7-20/h3-9,16-17,22H,10-15,18H2,1-2H3,(H,27,30). The number of carbonyl (C=O) groups excluding carboxylic acids is 1. The molecule has 0 unspecified atom stereocenters. The molecule has 1 fully saturated rings. The van der Waals surface area contributed by atoms with Gasteiger partial charge in [-0.15, -0.1) is 0 Å². The molecule has 0 aliphatic carbocycles. The first kappa shape index (κ1) is 24.9. The first-order chi connectivity index (χ1) is 16.8. The maximum absolute atomic E-state index is 13.1. The van der Waals surface area contributed by atoms with Gasteiger partial charge in [0, 0.05) is 43.7 Å². The molecule has 1 aliphatic rings. The number of benzene rings is 2. The van der Waals surface area contributed by atoms with E-state index in [-0.39, 0.29) is 34.8 Å². The minimum Gasteiger partial charge on any atom is -0.495 e. The van der Waals surface area contributed by atoms with Gasteiger partial charge in [0.15, 0.2) is 15.6 Å². The van der Waals surface area contributed by atoms with Crippen LogP contribution in [0.25, 0.3) is 11.3 Å². The number of nitrogens with one attached hydrogen (secondary N) is 1. The lowest BCUT2D eigenvalue weighted by molar-refractivity contribution is -0.121. The molecule has 1 aromatic heterocycles. The summed E-state index contributed by atoms with van der Waals surface area (Å²) in [6.07, 6.45) is 1.58. The molecule has 1 N–H and O–H groups in total. The largest absolute Gasteiger partial charge is 0.495 e. The number of sulfone groups is 1. The predicted molar refractivity (Wildman–Crippen MR) is 133 cm³/mol. The van der Waals surface area contributed by atoms with Gasteiger partial charge >= 0.3 is 0 Å². The van der Waals surface area contributed by atoms with Crippen LogP contribution in [-0.4, -0.2) is 56.4 Å². The van der Waals surface area contributed by atoms with Crippen LogP contribution in [0, 0.1) is 6.92 Å². The van der Waals surface area contributed by atoms with Gasteiger partial charge < -0.3 is 14.6 Å². The Labute approximate surface area is 206 Å². The van der Waals surface area contributed by atoms with Crippen molar-refractivity contribution in [1.29, 1.82) is 0 Å². The van der Waals surface area contributed by atoms with E-state index < -0.39 is 9.84 Å². The van der Waals surface area contributed by atoms with Crippen molar-refractivity contribution >= 4 is 15.7 Å². The molecule has 8 nitrogen and oxygen atoms in total. The molecule has 3 aromatic rings. The van der Waals surface area contributed by atoms with Crippen LogP contribution in [0.1, 0.15) is 30.5 Å². The zero-order chi connectivity index (χ0) is 24.8. The van der Waals surface area contributed by atoms with Crippen LogP contribution in [0.4, 0.5) is 0 Å². The number of nitrogens with zero attached hydrogens (tertiary/aromatic N) is 2. The van der Waals surface area contributed by atoms with Gasteiger partial charge in [-0.25, -0.2) is 8.42 Å². The maximum atomic E-state index is 13.1. The van der Waals surface area contributed by atoms with Gasteiger partial charge in [0.05, 0.1) is 18.6 Å². The summed E-state index contributed by atoms with van der Waals surface area (Å²) >= 11 is 0. The number of methoxy groups -OCH3 is 1. The summed E-state index contributed by atoms with van der Waals surface area (Å²) in [5.74, 6) is 0.145. The summed E-state index contributed by atoms with van der Waals surface area (Å²) in [5.41, 5.74) is 2.55. The third kappa shape index (κ3) is 6.49. The number of aryl methyl sites for hydroxylation is 1. The summed E-state index contributed by atoms with van der Waals surface area (Å²) < 4.78 is 36.7. The Hall–Kier alpha value is -3.17. The fourth-order valence-corrected chi connectivity index (χ4v) is 5.73. The van der Waals surface area contributed by atoms with Crippen LogP contribution in [0.5, 0.6) is 5.75 Å². The predicted octanol–water partition coefficient (Wildman–Crippen LogP) is 3.60. The smallest absolute Gasteiger partial charge is 0.221 e. The molecule has 1 amide bonds. The third-order valence-corrected chi connectivity index (χ3v) is 7.94. The molecule has 35 heavy (non-hydrogen) atoms. The number of hydrogen-bond acceptors (Lipinski definition) is 7. The number of likely N-dealkylation sites (tertiary alicyclic amines) is 1. The van der Waals surface area contributed by atoms with Gasteiger partial charge in [0.25, 0.3) is 0 Å². The van der Waals surface area contributed by atoms with E-state index in [9.17, 15) is 13.2 Å². The molecule has 2 heterocycles. The van der Waals surface area contributed by atoms with Crippen molar-refractivity contribution in [3.8, 4) is 17.1 Å². The minimum atomic E-state index is -3.76. The number of piperidine rings is 1. The van der Waals surface area contributed by atoms with Crippen LogP contribution in [0.2, 0.25) is 0 Å². The van der Waals surface area contributed by atoms with Gasteiger partial charge in [-0.3, -0.25) is 9.69 Å². The quantitative estimate of drug-likeness (QED) is 0.482. The fourth-order valence-electron chi connectivity index (χ4n) is 4.29. The molecule has 0 spiro atoms. The number of carbonyl (C=O) groups is 1. The summed E-state index contributed by atoms with van der Waals surface area (Å²) in [6.45, 7) is 4.47. The molecule has 0 bridgehead atoms. The van der Waals surface area contributed by atoms with Crippen LogP contribution in [0.15, 0.2) is 64.0 Å². The average molecular weight is 498 g/mol. The van der Waals surface area contributed by atoms with Crippen LogP contribution in [-0.2, 0) is 21.2 Å². The molecule has 0 saturated carbocycles. The van der Waals surface area contributed by atoms with Crippen molar-refractivity contribution in [2.75, 3.05) is 26.0 Å². The molecular weight excluding hydrogens is 466 g/mol. The van der Waals surface area contributed by atoms with Crippen molar-refractivity contribution in [3.63, 3.8) is 0 Å². The van der Waals surface area contributed by atoms with Gasteiger partial charge in [-0.1, -0.05) is 35.5 Å². The van der Waals surface area contributed by atoms with E-state index in [1.165, 1.54) is 18.7 Å². The van der Waals surface area contributed by atoms with E-state index in [0.29, 0.717) is 17.0 Å². The molecule has 0 radical (unpaired) electrons. The normalized spacial score (nSPS) is 15.1. The van der Waals surface area contributed by atoms with Crippen molar-refractivity contribution in [3.05, 3.63) is 65.9 Å². The lowest BCUT2D eigenvalue weighted by Crippen LogP contribution is -2.44. The average Bonchev–Trinajstić information content (AvgIpc) is 3.30. The third-order valence-electron chi connectivity index (χ3n) is 6.21. The molecule has 2 aromatic carbocycles. The van der Waals surface area contributed by atoms with E-state index in [4.69, 9.17) is 9.26 Å². The van der Waals surface area contributed by atoms with Crippen LogP contribution >= 0.6 is 0 Å². The Bertz CT molecular complexity index is 1250. The Morgan fingerprint density at radius 1 is 1.14 bits per heavy atom. The Morgan fingerprint density at radius 3 is 2.54 bits per heavy atom. The summed E-state index contributed by atoms with van der Waals surface area (Å²) in [6, 6.07) is 16.9. The first-order valence-electron chi connectivity index (χ1n) is 11.7. The van der Waals surface area contributed by atoms with Gasteiger partial charge in [0.1, 0.15) is 10.6 Å². The molecule has 186 valence electrons. The number of hydrogen-bond donors (Lipinski definition) is 1. The van der Waals surface area contributed by atoms with Gasteiger partial charge in [0.2, 0.25) is 5.91 Å². The second-order valence-corrected chi connectivity index (χ2v) is 10.9. The number of aromatic nitrogens is 1. The SMILES string of the molecule is COc1ccc(-c2cc(C)no2)cc1S(=O)(=O)CCC(=O)NC1CCN(Cc2ccccc2)CC1. The molecule has 9 heteroatoms. The highest BCUT2D eigenvalue weighted by Gasteiger charge is 2.25. The highest BCUT2D eigenvalue weighted by atomic mass is 32.2. The molecule has 1 aliphatic heterocycles. The van der Waals surface area contributed by atoms with E-state index >= 15 is 0 Å². The van der Waals surface area contributed by atoms with Crippen LogP contribution in [0.3, 0.4) is 0 Å². The lowest BCUT2D eigenvalue weighted by atomic mass is 10.0. The van der Waals surface area contributed by atoms with Gasteiger partial charge in [-0.05, 0) is 43.5 Å². The van der Waals surface area contributed by atoms with Crippen LogP contribution < -0.4 is 10.1 Å². The molecule has 4 rings (SSSR count). The van der Waals surface area contributed by atoms with E-state index in [1.807, 2.05) is 18.2 Å². The fraction of sp³-hybridized carbons (Fsp3) is 0.385. The Kier molecular flexibility index (Phi) is 7.87. The summed E-state index contributed by atoms with van der Waals surface area (Å²) in [4.78, 5) is 15.0. The summed E-state index contributed by atoms with van der Waals surface area (Å²) in [5, 5.41) is 6.87. The van der Waals surface area contributed by atoms with Crippen molar-refractivity contribution in [1.82, 2.24) is 15.4 Å². The maximum Gasteiger partial charge on any atom is 0.221 e. The Morgan fingerprint density at radius 2 is 1.89 bits per heavy atom. The van der Waals surface area contributed by atoms with E-state index in [2.05, 4.69) is 27.5 Å². The number of rotatable bonds is 9. The summed E-state index contributed by atoms with van der Waals surface area (Å²) in [7, 11) is -2.34. The van der Waals surface area contributed by atoms with Gasteiger partial charge in [-0.2, -0.15) is 0 Å². The molecule has 0 atom stereocenters. The number of ether oxygens (including phenoxy) is 1. The van der Waals surface area contributed by atoms with E-state index in [0.717, 1.165) is 32.5 Å². The Balaban J connectivity index is 1.31. The monoisotopic (exact) mass is 497 g/mol. The lowest BCUT2D eigenvalue weighted by Gasteiger charge is -2.32. The molecule has 1 saturated heterocycles.